The molecular formula is C14H16O4. The van der Waals surface area contributed by atoms with Crippen molar-refractivity contribution in [2.45, 2.75) is 26.4 Å². The van der Waals surface area contributed by atoms with Crippen LogP contribution < -0.4 is 0 Å². The molecule has 0 unspecified atom stereocenters. The van der Waals surface area contributed by atoms with Crippen molar-refractivity contribution in [3.63, 3.8) is 0 Å². The zero-order chi connectivity index (χ0) is 13.8. The van der Waals surface area contributed by atoms with Crippen LogP contribution in [0.3, 0.4) is 0 Å². The molecule has 4 heteroatoms. The van der Waals surface area contributed by atoms with Crippen LogP contribution >= 0.6 is 0 Å². The normalized spacial score (nSPS) is 12.1. The summed E-state index contributed by atoms with van der Waals surface area (Å²) in [7, 11) is 0. The molecule has 4 nitrogen and oxygen atoms in total. The molecule has 1 aromatic rings. The number of hydrogen-bond donors (Lipinski definition) is 1. The van der Waals surface area contributed by atoms with E-state index in [9.17, 15) is 14.7 Å². The third-order valence-electron chi connectivity index (χ3n) is 1.94. The molecule has 0 heterocycles. The zero-order valence-corrected chi connectivity index (χ0v) is 10.6. The van der Waals surface area contributed by atoms with Crippen molar-refractivity contribution in [2.75, 3.05) is 0 Å². The van der Waals surface area contributed by atoms with Gasteiger partial charge in [-0.3, -0.25) is 4.79 Å². The SMILES string of the molecule is CC(C)(C)OC(=O)C(=O)/C=C(\O)c1ccccc1. The summed E-state index contributed by atoms with van der Waals surface area (Å²) in [4.78, 5) is 22.9. The van der Waals surface area contributed by atoms with Crippen LogP contribution in [0.25, 0.3) is 5.76 Å². The Balaban J connectivity index is 2.78. The predicted octanol–water partition coefficient (Wildman–Crippen LogP) is 2.50. The van der Waals surface area contributed by atoms with E-state index in [0.29, 0.717) is 5.56 Å². The predicted molar refractivity (Wildman–Crippen MR) is 67.9 cm³/mol. The molecule has 1 aromatic carbocycles. The van der Waals surface area contributed by atoms with E-state index in [1.165, 1.54) is 0 Å². The summed E-state index contributed by atoms with van der Waals surface area (Å²) in [5.74, 6) is -2.12. The van der Waals surface area contributed by atoms with Crippen molar-refractivity contribution in [2.24, 2.45) is 0 Å². The van der Waals surface area contributed by atoms with E-state index in [1.807, 2.05) is 0 Å². The molecule has 1 rings (SSSR count). The van der Waals surface area contributed by atoms with Crippen LogP contribution in [0.5, 0.6) is 0 Å². The molecule has 0 spiro atoms. The molecule has 0 aliphatic heterocycles. The molecule has 0 bridgehead atoms. The molecule has 0 fully saturated rings. The molecule has 0 saturated heterocycles. The third-order valence-corrected chi connectivity index (χ3v) is 1.94. The number of aliphatic hydroxyl groups excluding tert-OH is 1. The standard InChI is InChI=1S/C14H16O4/c1-14(2,3)18-13(17)12(16)9-11(15)10-7-5-4-6-8-10/h4-9,15H,1-3H3/b11-9-. The molecular weight excluding hydrogens is 232 g/mol. The maximum Gasteiger partial charge on any atom is 0.379 e. The number of ketones is 1. The number of aliphatic hydroxyl groups is 1. The van der Waals surface area contributed by atoms with Crippen molar-refractivity contribution in [1.29, 1.82) is 0 Å². The number of ether oxygens (including phenoxy) is 1. The first-order valence-electron chi connectivity index (χ1n) is 5.53. The first-order chi connectivity index (χ1) is 8.29. The second kappa shape index (κ2) is 5.49. The van der Waals surface area contributed by atoms with Crippen molar-refractivity contribution in [3.05, 3.63) is 42.0 Å². The average molecular weight is 248 g/mol. The summed E-state index contributed by atoms with van der Waals surface area (Å²) in [6, 6.07) is 8.49. The molecule has 0 atom stereocenters. The van der Waals surface area contributed by atoms with Crippen LogP contribution in [0.15, 0.2) is 36.4 Å². The quantitative estimate of drug-likeness (QED) is 0.386. The van der Waals surface area contributed by atoms with Gasteiger partial charge in [-0.1, -0.05) is 30.3 Å². The highest BCUT2D eigenvalue weighted by atomic mass is 16.6. The van der Waals surface area contributed by atoms with E-state index in [4.69, 9.17) is 4.74 Å². The van der Waals surface area contributed by atoms with E-state index < -0.39 is 17.4 Å². The molecule has 96 valence electrons. The summed E-state index contributed by atoms with van der Waals surface area (Å²) in [6.07, 6.45) is 0.864. The van der Waals surface area contributed by atoms with Crippen LogP contribution in [-0.4, -0.2) is 22.5 Å². The van der Waals surface area contributed by atoms with Crippen LogP contribution in [0.2, 0.25) is 0 Å². The Morgan fingerprint density at radius 1 is 1.17 bits per heavy atom. The number of rotatable bonds is 3. The minimum Gasteiger partial charge on any atom is -0.507 e. The number of carbonyl (C=O) groups excluding carboxylic acids is 2. The summed E-state index contributed by atoms with van der Waals surface area (Å²) in [5.41, 5.74) is -0.266. The Bertz CT molecular complexity index is 466. The molecule has 18 heavy (non-hydrogen) atoms. The maximum absolute atomic E-state index is 11.5. The number of carbonyl (C=O) groups is 2. The Morgan fingerprint density at radius 3 is 2.22 bits per heavy atom. The van der Waals surface area contributed by atoms with Gasteiger partial charge in [0.05, 0.1) is 0 Å². The first kappa shape index (κ1) is 14.0. The second-order valence-corrected chi connectivity index (χ2v) is 4.76. The Hall–Kier alpha value is -2.10. The molecule has 0 aliphatic rings. The molecule has 1 N–H and O–H groups in total. The molecule has 0 radical (unpaired) electrons. The number of hydrogen-bond acceptors (Lipinski definition) is 4. The average Bonchev–Trinajstić information content (AvgIpc) is 2.27. The van der Waals surface area contributed by atoms with Gasteiger partial charge in [0, 0.05) is 11.6 Å². The van der Waals surface area contributed by atoms with E-state index in [-0.39, 0.29) is 5.76 Å². The van der Waals surface area contributed by atoms with Gasteiger partial charge in [-0.15, -0.1) is 0 Å². The molecule has 0 aromatic heterocycles. The summed E-state index contributed by atoms with van der Waals surface area (Å²) in [6.45, 7) is 5.00. The van der Waals surface area contributed by atoms with Crippen LogP contribution in [-0.2, 0) is 14.3 Å². The van der Waals surface area contributed by atoms with Crippen molar-refractivity contribution in [1.82, 2.24) is 0 Å². The third kappa shape index (κ3) is 4.41. The van der Waals surface area contributed by atoms with Gasteiger partial charge in [-0.25, -0.2) is 4.79 Å². The second-order valence-electron chi connectivity index (χ2n) is 4.76. The van der Waals surface area contributed by atoms with Gasteiger partial charge in [0.25, 0.3) is 5.78 Å². The highest BCUT2D eigenvalue weighted by Crippen LogP contribution is 2.12. The van der Waals surface area contributed by atoms with Gasteiger partial charge in [-0.05, 0) is 20.8 Å². The van der Waals surface area contributed by atoms with Crippen LogP contribution in [0.4, 0.5) is 0 Å². The van der Waals surface area contributed by atoms with Crippen molar-refractivity contribution in [3.8, 4) is 0 Å². The Kier molecular flexibility index (Phi) is 4.26. The largest absolute Gasteiger partial charge is 0.507 e. The lowest BCUT2D eigenvalue weighted by Gasteiger charge is -2.18. The molecule has 0 amide bonds. The van der Waals surface area contributed by atoms with Crippen molar-refractivity contribution >= 4 is 17.5 Å². The van der Waals surface area contributed by atoms with E-state index in [1.54, 1.807) is 51.1 Å². The molecule has 0 saturated carbocycles. The summed E-state index contributed by atoms with van der Waals surface area (Å²) >= 11 is 0. The van der Waals surface area contributed by atoms with Gasteiger partial charge in [0.2, 0.25) is 0 Å². The maximum atomic E-state index is 11.5. The number of esters is 1. The van der Waals surface area contributed by atoms with Crippen molar-refractivity contribution < 1.29 is 19.4 Å². The van der Waals surface area contributed by atoms with Gasteiger partial charge in [0.15, 0.2) is 0 Å². The number of benzene rings is 1. The van der Waals surface area contributed by atoms with Gasteiger partial charge < -0.3 is 9.84 Å². The summed E-state index contributed by atoms with van der Waals surface area (Å²) < 4.78 is 4.89. The van der Waals surface area contributed by atoms with Gasteiger partial charge in [0.1, 0.15) is 11.4 Å². The minimum atomic E-state index is -0.981. The summed E-state index contributed by atoms with van der Waals surface area (Å²) in [5, 5.41) is 9.67. The first-order valence-corrected chi connectivity index (χ1v) is 5.53. The minimum absolute atomic E-state index is 0.258. The molecule has 0 aliphatic carbocycles. The van der Waals surface area contributed by atoms with Crippen LogP contribution in [0.1, 0.15) is 26.3 Å². The topological polar surface area (TPSA) is 63.6 Å². The fourth-order valence-electron chi connectivity index (χ4n) is 1.20. The zero-order valence-electron chi connectivity index (χ0n) is 10.6. The van der Waals surface area contributed by atoms with E-state index in [0.717, 1.165) is 6.08 Å². The fraction of sp³-hybridized carbons (Fsp3) is 0.286. The highest BCUT2D eigenvalue weighted by molar-refractivity contribution is 6.39. The monoisotopic (exact) mass is 248 g/mol. The van der Waals surface area contributed by atoms with Gasteiger partial charge in [-0.2, -0.15) is 0 Å². The van der Waals surface area contributed by atoms with Crippen LogP contribution in [0, 0.1) is 0 Å². The lowest BCUT2D eigenvalue weighted by Crippen LogP contribution is -2.28. The van der Waals surface area contributed by atoms with E-state index in [2.05, 4.69) is 0 Å². The van der Waals surface area contributed by atoms with Gasteiger partial charge >= 0.3 is 5.97 Å². The highest BCUT2D eigenvalue weighted by Gasteiger charge is 2.21. The Labute approximate surface area is 106 Å². The Morgan fingerprint density at radius 2 is 1.72 bits per heavy atom. The smallest absolute Gasteiger partial charge is 0.379 e. The lowest BCUT2D eigenvalue weighted by atomic mass is 10.1. The fourth-order valence-corrected chi connectivity index (χ4v) is 1.20. The lowest BCUT2D eigenvalue weighted by molar-refractivity contribution is -0.160. The van der Waals surface area contributed by atoms with E-state index >= 15 is 0 Å².